The van der Waals surface area contributed by atoms with Gasteiger partial charge in [-0.1, -0.05) is 70.2 Å². The molecule has 0 aliphatic carbocycles. The molecular formula is C52H60N4O7. The number of ether oxygens (including phenoxy) is 3. The van der Waals surface area contributed by atoms with Gasteiger partial charge in [-0.3, -0.25) is 29.2 Å². The minimum Gasteiger partial charge on any atom is -0.469 e. The highest BCUT2D eigenvalue weighted by molar-refractivity contribution is 6.04. The average molecular weight is 853 g/mol. The Kier molecular flexibility index (Phi) is 12.0. The Morgan fingerprint density at radius 3 is 1.75 bits per heavy atom. The van der Waals surface area contributed by atoms with Crippen LogP contribution in [0.15, 0.2) is 70.8 Å². The van der Waals surface area contributed by atoms with E-state index < -0.39 is 11.8 Å². The van der Waals surface area contributed by atoms with Crippen LogP contribution in [0.5, 0.6) is 0 Å². The van der Waals surface area contributed by atoms with E-state index in [1.54, 1.807) is 0 Å². The second-order valence-electron chi connectivity index (χ2n) is 19.0. The van der Waals surface area contributed by atoms with Crippen LogP contribution in [0.2, 0.25) is 0 Å². The molecule has 0 N–H and O–H groups in total. The molecule has 3 fully saturated rings. The number of rotatable bonds is 13. The Morgan fingerprint density at radius 1 is 0.667 bits per heavy atom. The van der Waals surface area contributed by atoms with E-state index in [0.717, 1.165) is 77.9 Å². The second-order valence-corrected chi connectivity index (χ2v) is 19.0. The van der Waals surface area contributed by atoms with E-state index in [1.807, 2.05) is 43.7 Å². The first kappa shape index (κ1) is 42.9. The number of benzene rings is 3. The van der Waals surface area contributed by atoms with Gasteiger partial charge in [-0.25, -0.2) is 0 Å². The van der Waals surface area contributed by atoms with Gasteiger partial charge in [-0.2, -0.15) is 0 Å². The fourth-order valence-corrected chi connectivity index (χ4v) is 11.1. The molecule has 63 heavy (non-hydrogen) atoms. The van der Waals surface area contributed by atoms with Crippen LogP contribution in [0, 0.1) is 23.7 Å². The highest BCUT2D eigenvalue weighted by Crippen LogP contribution is 2.56. The number of hydrogen-bond donors (Lipinski definition) is 0. The highest BCUT2D eigenvalue weighted by Gasteiger charge is 2.43. The molecule has 6 atom stereocenters. The molecule has 0 radical (unpaired) electrons. The molecule has 11 heteroatoms. The maximum absolute atomic E-state index is 13.9. The maximum Gasteiger partial charge on any atom is 0.306 e. The first-order valence-corrected chi connectivity index (χ1v) is 23.1. The van der Waals surface area contributed by atoms with Crippen molar-refractivity contribution in [2.45, 2.75) is 116 Å². The topological polar surface area (TPSA) is 127 Å². The van der Waals surface area contributed by atoms with Gasteiger partial charge in [-0.05, 0) is 113 Å². The molecule has 6 aliphatic rings. The number of likely N-dealkylation sites (tertiary alicyclic amines) is 2. The van der Waals surface area contributed by atoms with Gasteiger partial charge in [0.2, 0.25) is 11.8 Å². The molecule has 330 valence electrons. The van der Waals surface area contributed by atoms with Crippen molar-refractivity contribution in [2.75, 3.05) is 27.3 Å². The summed E-state index contributed by atoms with van der Waals surface area (Å²) < 4.78 is 16.5. The molecule has 0 saturated carbocycles. The summed E-state index contributed by atoms with van der Waals surface area (Å²) in [5.74, 6) is -1.45. The number of carbonyl (C=O) groups is 4. The van der Waals surface area contributed by atoms with Gasteiger partial charge < -0.3 is 24.0 Å². The van der Waals surface area contributed by atoms with E-state index in [-0.39, 0.29) is 72.7 Å². The fourth-order valence-electron chi connectivity index (χ4n) is 11.1. The molecular weight excluding hydrogens is 793 g/mol. The van der Waals surface area contributed by atoms with E-state index in [1.165, 1.54) is 42.0 Å². The smallest absolute Gasteiger partial charge is 0.306 e. The average Bonchev–Trinajstić information content (AvgIpc) is 4.16. The quantitative estimate of drug-likeness (QED) is 0.157. The lowest BCUT2D eigenvalue weighted by Crippen LogP contribution is -2.45. The summed E-state index contributed by atoms with van der Waals surface area (Å²) >= 11 is 0. The van der Waals surface area contributed by atoms with Gasteiger partial charge in [0.1, 0.15) is 0 Å². The number of aliphatic imine (C=N–C) groups is 2. The van der Waals surface area contributed by atoms with Gasteiger partial charge >= 0.3 is 11.9 Å². The number of nitrogens with zero attached hydrogens (tertiary/aromatic N) is 4. The minimum absolute atomic E-state index is 0.0182. The Balaban J connectivity index is 0.898. The number of allylic oxidation sites excluding steroid dienone is 1. The Bertz CT molecular complexity index is 2410. The first-order valence-electron chi connectivity index (χ1n) is 23.1. The van der Waals surface area contributed by atoms with Crippen molar-refractivity contribution in [1.29, 1.82) is 0 Å². The number of fused-ring (bicyclic) bond motifs is 6. The van der Waals surface area contributed by atoms with Crippen molar-refractivity contribution >= 4 is 46.4 Å². The van der Waals surface area contributed by atoms with Gasteiger partial charge in [-0.15, -0.1) is 0 Å². The van der Waals surface area contributed by atoms with E-state index in [9.17, 15) is 19.2 Å². The molecule has 0 spiro atoms. The molecule has 0 aromatic heterocycles. The van der Waals surface area contributed by atoms with E-state index in [4.69, 9.17) is 24.2 Å². The monoisotopic (exact) mass is 852 g/mol. The number of carbonyl (C=O) groups excluding carboxylic acids is 4. The number of hydrogen-bond acceptors (Lipinski definition) is 9. The van der Waals surface area contributed by atoms with Crippen LogP contribution in [0.25, 0.3) is 27.8 Å². The minimum atomic E-state index is -0.416. The Hall–Kier alpha value is -5.42. The van der Waals surface area contributed by atoms with E-state index in [2.05, 4.69) is 54.6 Å². The SMILES string of the molecule is COC(=O)C[C@H](C(=O)N1CCCC1C1=Nc2ccc(-c3ccc(-c4ccc(C5=CN=C([C@@H]6CCCN6C(=O)[C@@H](CC(=O)OC)C(C)C)C5)cc4)c4c3C3CCC4O3)cc2C1)C(C)C. The summed E-state index contributed by atoms with van der Waals surface area (Å²) in [4.78, 5) is 65.9. The largest absolute Gasteiger partial charge is 0.469 e. The Morgan fingerprint density at radius 2 is 1.19 bits per heavy atom. The molecule has 6 aliphatic heterocycles. The van der Waals surface area contributed by atoms with Crippen molar-refractivity contribution in [1.82, 2.24) is 9.80 Å². The van der Waals surface area contributed by atoms with Crippen molar-refractivity contribution in [3.05, 3.63) is 83.1 Å². The third-order valence-corrected chi connectivity index (χ3v) is 14.6. The van der Waals surface area contributed by atoms with Crippen molar-refractivity contribution in [3.8, 4) is 22.3 Å². The summed E-state index contributed by atoms with van der Waals surface area (Å²) in [6.45, 7) is 9.32. The summed E-state index contributed by atoms with van der Waals surface area (Å²) in [7, 11) is 2.75. The lowest BCUT2D eigenvalue weighted by Gasteiger charge is -2.30. The Labute approximate surface area is 371 Å². The van der Waals surface area contributed by atoms with E-state index >= 15 is 0 Å². The van der Waals surface area contributed by atoms with Crippen LogP contribution in [0.3, 0.4) is 0 Å². The molecule has 6 heterocycles. The highest BCUT2D eigenvalue weighted by atomic mass is 16.5. The zero-order chi connectivity index (χ0) is 44.1. The predicted octanol–water partition coefficient (Wildman–Crippen LogP) is 9.39. The van der Waals surface area contributed by atoms with Gasteiger partial charge in [0, 0.05) is 43.6 Å². The second kappa shape index (κ2) is 17.6. The van der Waals surface area contributed by atoms with Gasteiger partial charge in [0.05, 0.1) is 68.9 Å². The summed E-state index contributed by atoms with van der Waals surface area (Å²) in [6.07, 6.45) is 9.27. The van der Waals surface area contributed by atoms with Crippen LogP contribution >= 0.6 is 0 Å². The van der Waals surface area contributed by atoms with Gasteiger partial charge in [0.15, 0.2) is 0 Å². The van der Waals surface area contributed by atoms with Crippen molar-refractivity contribution < 1.29 is 33.4 Å². The zero-order valence-corrected chi connectivity index (χ0v) is 37.5. The van der Waals surface area contributed by atoms with Crippen molar-refractivity contribution in [3.63, 3.8) is 0 Å². The van der Waals surface area contributed by atoms with Gasteiger partial charge in [0.25, 0.3) is 0 Å². The van der Waals surface area contributed by atoms with Crippen LogP contribution in [-0.2, 0) is 39.8 Å². The van der Waals surface area contributed by atoms with Crippen LogP contribution in [-0.4, -0.2) is 84.4 Å². The lowest BCUT2D eigenvalue weighted by molar-refractivity contribution is -0.148. The maximum atomic E-state index is 13.9. The summed E-state index contributed by atoms with van der Waals surface area (Å²) in [5, 5.41) is 0. The molecule has 3 aromatic carbocycles. The number of methoxy groups -OCH3 is 2. The molecule has 3 saturated heterocycles. The van der Waals surface area contributed by atoms with E-state index in [0.29, 0.717) is 25.9 Å². The standard InChI is InChI=1S/C52H60N4O7/c1-29(2)38(26-47(57)61-5)51(59)55-21-7-9-43(55)41-25-35(28-53-41)31-11-13-32(14-12-31)36-16-17-37(50-46-20-19-45(63-46)49(36)50)33-15-18-40-34(23-33)24-42(54-40)44-10-8-22-56(44)52(60)39(30(3)4)27-48(58)62-6/h11-18,23,28-30,38-39,43-46H,7-10,19-22,24-27H2,1-6H3/t38-,39-,43-,44?,45?,46?/m0/s1. The third kappa shape index (κ3) is 8.06. The van der Waals surface area contributed by atoms with Crippen LogP contribution in [0.4, 0.5) is 5.69 Å². The lowest BCUT2D eigenvalue weighted by atomic mass is 9.81. The van der Waals surface area contributed by atoms with Crippen molar-refractivity contribution in [2.24, 2.45) is 33.7 Å². The van der Waals surface area contributed by atoms with Crippen LogP contribution < -0.4 is 0 Å². The number of amides is 2. The summed E-state index contributed by atoms with van der Waals surface area (Å²) in [6, 6.07) is 19.8. The number of esters is 2. The summed E-state index contributed by atoms with van der Waals surface area (Å²) in [5.41, 5.74) is 13.8. The molecule has 2 bridgehead atoms. The third-order valence-electron chi connectivity index (χ3n) is 14.6. The molecule has 9 rings (SSSR count). The fraction of sp³-hybridized carbons (Fsp3) is 0.500. The molecule has 2 amide bonds. The molecule has 11 nitrogen and oxygen atoms in total. The first-order chi connectivity index (χ1) is 30.4. The molecule has 3 unspecified atom stereocenters. The predicted molar refractivity (Wildman–Crippen MR) is 243 cm³/mol. The normalized spacial score (nSPS) is 23.1. The molecule has 3 aromatic rings. The van der Waals surface area contributed by atoms with Crippen LogP contribution in [0.1, 0.15) is 120 Å². The zero-order valence-electron chi connectivity index (χ0n) is 37.5.